The smallest absolute Gasteiger partial charge is 0.334 e. The monoisotopic (exact) mass is 574 g/mol. The number of hydrogen-bond donors (Lipinski definition) is 0. The zero-order valence-electron chi connectivity index (χ0n) is 25.6. The molecule has 1 saturated heterocycles. The fourth-order valence-corrected chi connectivity index (χ4v) is 7.54. The predicted octanol–water partition coefficient (Wildman–Crippen LogP) is 3.64. The third-order valence-electron chi connectivity index (χ3n) is 9.57. The molecule has 1 aliphatic heterocycles. The van der Waals surface area contributed by atoms with Gasteiger partial charge in [-0.05, 0) is 50.2 Å². The highest BCUT2D eigenvalue weighted by Gasteiger charge is 2.84. The van der Waals surface area contributed by atoms with Crippen molar-refractivity contribution < 1.29 is 47.7 Å². The standard InChI is InChI=1S/C31H42O10/c1-11-14(2)28(36)40-23-15(3)12-31-27(39-20(8)34)16(4)13-30(31,41-31)26(35)17(5)24(37-18(6)32)21-22(29(21,9)10)25(23)38-19(7)33/h11-12,16-17,21-25,27H,13H2,1-10H3/b14-11+,15-12+/t16-,17+,21-,22+,23+,24-,25+,27-,30-,31-/m0/s1. The minimum Gasteiger partial charge on any atom is -0.461 e. The molecule has 0 bridgehead atoms. The van der Waals surface area contributed by atoms with Crippen molar-refractivity contribution in [2.75, 3.05) is 0 Å². The molecule has 0 aromatic rings. The van der Waals surface area contributed by atoms with E-state index < -0.39 is 82.7 Å². The van der Waals surface area contributed by atoms with E-state index in [-0.39, 0.29) is 18.1 Å². The maximum absolute atomic E-state index is 14.3. The van der Waals surface area contributed by atoms with Gasteiger partial charge in [-0.2, -0.15) is 0 Å². The van der Waals surface area contributed by atoms with E-state index in [0.717, 1.165) is 0 Å². The maximum atomic E-state index is 14.3. The SMILES string of the molecule is C/C=C(\C)C(=O)O[C@@H]1/C(C)=C/[C@@]23O[C@@]2(C[C@H](C)[C@@H]3OC(C)=O)C(=O)[C@H](C)[C@H](OC(C)=O)[C@@H]2[C@H]([C@H]1OC(C)=O)C2(C)C. The highest BCUT2D eigenvalue weighted by Crippen LogP contribution is 2.68. The molecule has 10 heteroatoms. The first-order valence-electron chi connectivity index (χ1n) is 14.2. The van der Waals surface area contributed by atoms with Crippen LogP contribution in [0.15, 0.2) is 23.3 Å². The summed E-state index contributed by atoms with van der Waals surface area (Å²) < 4.78 is 29.9. The van der Waals surface area contributed by atoms with Crippen LogP contribution in [0.5, 0.6) is 0 Å². The highest BCUT2D eigenvalue weighted by molar-refractivity contribution is 5.96. The van der Waals surface area contributed by atoms with E-state index in [1.54, 1.807) is 39.8 Å². The quantitative estimate of drug-likeness (QED) is 0.157. The number of fused-ring (bicyclic) bond motifs is 1. The van der Waals surface area contributed by atoms with Gasteiger partial charge in [0.2, 0.25) is 0 Å². The lowest BCUT2D eigenvalue weighted by Gasteiger charge is -2.30. The van der Waals surface area contributed by atoms with E-state index in [2.05, 4.69) is 0 Å². The lowest BCUT2D eigenvalue weighted by Crippen LogP contribution is -2.43. The summed E-state index contributed by atoms with van der Waals surface area (Å²) in [6.45, 7) is 16.5. The average molecular weight is 575 g/mol. The Morgan fingerprint density at radius 2 is 1.44 bits per heavy atom. The minimum absolute atomic E-state index is 0.233. The molecule has 3 fully saturated rings. The molecule has 2 saturated carbocycles. The fourth-order valence-electron chi connectivity index (χ4n) is 7.54. The van der Waals surface area contributed by atoms with Crippen LogP contribution in [0.4, 0.5) is 0 Å². The number of carbonyl (C=O) groups excluding carboxylic acids is 5. The first-order valence-corrected chi connectivity index (χ1v) is 14.2. The number of rotatable bonds is 5. The molecule has 4 aliphatic rings. The molecule has 0 unspecified atom stereocenters. The van der Waals surface area contributed by atoms with Crippen LogP contribution in [-0.4, -0.2) is 65.3 Å². The van der Waals surface area contributed by atoms with Crippen molar-refractivity contribution in [1.82, 2.24) is 0 Å². The Kier molecular flexibility index (Phi) is 7.82. The summed E-state index contributed by atoms with van der Waals surface area (Å²) in [4.78, 5) is 64.4. The maximum Gasteiger partial charge on any atom is 0.334 e. The zero-order valence-corrected chi connectivity index (χ0v) is 25.6. The van der Waals surface area contributed by atoms with E-state index in [1.165, 1.54) is 20.8 Å². The van der Waals surface area contributed by atoms with Crippen LogP contribution in [0, 0.1) is 29.1 Å². The van der Waals surface area contributed by atoms with Crippen LogP contribution in [0.3, 0.4) is 0 Å². The Morgan fingerprint density at radius 3 is 1.98 bits per heavy atom. The van der Waals surface area contributed by atoms with Crippen LogP contribution < -0.4 is 0 Å². The van der Waals surface area contributed by atoms with Crippen molar-refractivity contribution in [3.8, 4) is 0 Å². The number of ketones is 1. The highest BCUT2D eigenvalue weighted by atomic mass is 16.7. The predicted molar refractivity (Wildman–Crippen MR) is 145 cm³/mol. The van der Waals surface area contributed by atoms with Gasteiger partial charge < -0.3 is 23.7 Å². The summed E-state index contributed by atoms with van der Waals surface area (Å²) in [6, 6.07) is 0. The van der Waals surface area contributed by atoms with Crippen molar-refractivity contribution in [3.63, 3.8) is 0 Å². The normalized spacial score (nSPS) is 42.1. The number of allylic oxidation sites excluding steroid dienone is 1. The minimum atomic E-state index is -1.32. The Morgan fingerprint density at radius 1 is 0.902 bits per heavy atom. The van der Waals surface area contributed by atoms with Gasteiger partial charge in [0.1, 0.15) is 18.3 Å². The van der Waals surface area contributed by atoms with Gasteiger partial charge in [-0.3, -0.25) is 19.2 Å². The Hall–Kier alpha value is -3.01. The van der Waals surface area contributed by atoms with Gasteiger partial charge in [-0.25, -0.2) is 4.79 Å². The number of Topliss-reactive ketones (excluding diaryl/α,β-unsaturated/α-hetero) is 1. The lowest BCUT2D eigenvalue weighted by atomic mass is 9.80. The summed E-state index contributed by atoms with van der Waals surface area (Å²) in [5.41, 5.74) is -2.33. The van der Waals surface area contributed by atoms with Crippen LogP contribution in [0.1, 0.15) is 75.7 Å². The second-order valence-electron chi connectivity index (χ2n) is 12.8. The molecule has 1 heterocycles. The average Bonchev–Trinajstić information content (AvgIpc) is 3.66. The molecule has 0 N–H and O–H groups in total. The molecule has 4 rings (SSSR count). The third kappa shape index (κ3) is 4.91. The van der Waals surface area contributed by atoms with Gasteiger partial charge in [-0.1, -0.05) is 33.8 Å². The molecule has 0 radical (unpaired) electrons. The Balaban J connectivity index is 1.95. The molecule has 0 aromatic carbocycles. The third-order valence-corrected chi connectivity index (χ3v) is 9.57. The molecule has 0 amide bonds. The van der Waals surface area contributed by atoms with Crippen LogP contribution in [-0.2, 0) is 47.7 Å². The number of esters is 4. The van der Waals surface area contributed by atoms with E-state index in [0.29, 0.717) is 11.1 Å². The summed E-state index contributed by atoms with van der Waals surface area (Å²) in [5, 5.41) is 0. The van der Waals surface area contributed by atoms with Crippen molar-refractivity contribution in [2.45, 2.75) is 111 Å². The van der Waals surface area contributed by atoms with Crippen LogP contribution in [0.2, 0.25) is 0 Å². The number of hydrogen-bond acceptors (Lipinski definition) is 10. The molecule has 226 valence electrons. The van der Waals surface area contributed by atoms with Crippen molar-refractivity contribution >= 4 is 29.7 Å². The van der Waals surface area contributed by atoms with E-state index in [1.807, 2.05) is 20.8 Å². The molecule has 0 aromatic heterocycles. The van der Waals surface area contributed by atoms with Crippen molar-refractivity contribution in [2.24, 2.45) is 29.1 Å². The van der Waals surface area contributed by atoms with Crippen molar-refractivity contribution in [1.29, 1.82) is 0 Å². The number of carbonyl (C=O) groups is 5. The van der Waals surface area contributed by atoms with Crippen LogP contribution in [0.25, 0.3) is 0 Å². The first-order chi connectivity index (χ1) is 18.9. The number of ether oxygens (including phenoxy) is 5. The van der Waals surface area contributed by atoms with Gasteiger partial charge >= 0.3 is 23.9 Å². The molecule has 41 heavy (non-hydrogen) atoms. The topological polar surface area (TPSA) is 135 Å². The van der Waals surface area contributed by atoms with Gasteiger partial charge in [0.05, 0.1) is 5.92 Å². The second-order valence-corrected chi connectivity index (χ2v) is 12.8. The van der Waals surface area contributed by atoms with E-state index in [9.17, 15) is 24.0 Å². The molecule has 10 nitrogen and oxygen atoms in total. The molecule has 3 aliphatic carbocycles. The van der Waals surface area contributed by atoms with Gasteiger partial charge in [0, 0.05) is 38.2 Å². The summed E-state index contributed by atoms with van der Waals surface area (Å²) >= 11 is 0. The summed E-state index contributed by atoms with van der Waals surface area (Å²) in [5.74, 6) is -4.30. The summed E-state index contributed by atoms with van der Waals surface area (Å²) in [6.07, 6.45) is -0.0243. The fraction of sp³-hybridized carbons (Fsp3) is 0.710. The molecular formula is C31H42O10. The van der Waals surface area contributed by atoms with Gasteiger partial charge in [0.15, 0.2) is 23.1 Å². The van der Waals surface area contributed by atoms with Gasteiger partial charge in [0.25, 0.3) is 0 Å². The van der Waals surface area contributed by atoms with Crippen molar-refractivity contribution in [3.05, 3.63) is 23.3 Å². The molecule has 10 atom stereocenters. The Labute approximate surface area is 241 Å². The lowest BCUT2D eigenvalue weighted by molar-refractivity contribution is -0.165. The molecule has 0 spiro atoms. The molecular weight excluding hydrogens is 532 g/mol. The number of epoxide rings is 1. The van der Waals surface area contributed by atoms with Crippen LogP contribution >= 0.6 is 0 Å². The second kappa shape index (κ2) is 10.4. The Bertz CT molecular complexity index is 1230. The summed E-state index contributed by atoms with van der Waals surface area (Å²) in [7, 11) is 0. The van der Waals surface area contributed by atoms with E-state index >= 15 is 0 Å². The van der Waals surface area contributed by atoms with E-state index in [4.69, 9.17) is 23.7 Å². The largest absolute Gasteiger partial charge is 0.461 e. The first kappa shape index (κ1) is 30.9. The van der Waals surface area contributed by atoms with Gasteiger partial charge in [-0.15, -0.1) is 0 Å². The zero-order chi connectivity index (χ0) is 30.8.